The van der Waals surface area contributed by atoms with Gasteiger partial charge in [-0.3, -0.25) is 9.79 Å². The molecule has 0 radical (unpaired) electrons. The Kier molecular flexibility index (Phi) is 5.05. The standard InChI is InChI=1S/C19H24N4O2/c1-3-14-16(12-21-13-25-2)22-18(24)15(11-20)17(14)23-9-7-19(8-10-23)5-4-6-19/h3,12H,1,4-10,13H2,2H3,(H,22,24)/b21-12-. The van der Waals surface area contributed by atoms with Crippen LogP contribution in [0.15, 0.2) is 16.4 Å². The van der Waals surface area contributed by atoms with Gasteiger partial charge in [-0.05, 0) is 31.1 Å². The third-order valence-corrected chi connectivity index (χ3v) is 5.55. The van der Waals surface area contributed by atoms with E-state index in [9.17, 15) is 10.1 Å². The van der Waals surface area contributed by atoms with Gasteiger partial charge in [-0.2, -0.15) is 5.26 Å². The average Bonchev–Trinajstić information content (AvgIpc) is 2.60. The molecule has 1 saturated heterocycles. The predicted octanol–water partition coefficient (Wildman–Crippen LogP) is 2.68. The number of ether oxygens (including phenoxy) is 1. The highest BCUT2D eigenvalue weighted by Crippen LogP contribution is 2.49. The van der Waals surface area contributed by atoms with Gasteiger partial charge in [0.1, 0.15) is 18.4 Å². The number of aliphatic imine (C=N–C) groups is 1. The number of nitriles is 1. The van der Waals surface area contributed by atoms with Crippen molar-refractivity contribution in [1.82, 2.24) is 4.98 Å². The first kappa shape index (κ1) is 17.4. The fourth-order valence-corrected chi connectivity index (χ4v) is 3.95. The summed E-state index contributed by atoms with van der Waals surface area (Å²) in [5.41, 5.74) is 2.28. The highest BCUT2D eigenvalue weighted by atomic mass is 16.5. The maximum atomic E-state index is 12.4. The van der Waals surface area contributed by atoms with E-state index in [0.29, 0.717) is 16.8 Å². The SMILES string of the molecule is C=Cc1c(/C=N\COC)[nH]c(=O)c(C#N)c1N1CCC2(CCC2)CC1. The van der Waals surface area contributed by atoms with Crippen LogP contribution in [0.3, 0.4) is 0 Å². The van der Waals surface area contributed by atoms with Crippen molar-refractivity contribution in [3.8, 4) is 6.07 Å². The van der Waals surface area contributed by atoms with E-state index in [1.54, 1.807) is 19.4 Å². The second kappa shape index (κ2) is 7.24. The molecule has 1 saturated carbocycles. The zero-order valence-electron chi connectivity index (χ0n) is 14.7. The molecule has 0 amide bonds. The van der Waals surface area contributed by atoms with E-state index in [2.05, 4.69) is 27.5 Å². The van der Waals surface area contributed by atoms with Gasteiger partial charge in [-0.25, -0.2) is 0 Å². The molecule has 6 nitrogen and oxygen atoms in total. The maximum absolute atomic E-state index is 12.4. The molecule has 1 spiro atoms. The highest BCUT2D eigenvalue weighted by Gasteiger charge is 2.40. The Labute approximate surface area is 147 Å². The topological polar surface area (TPSA) is 81.5 Å². The normalized spacial score (nSPS) is 19.0. The van der Waals surface area contributed by atoms with Crippen LogP contribution in [-0.4, -0.2) is 38.1 Å². The molecule has 1 aromatic heterocycles. The molecule has 1 aliphatic heterocycles. The van der Waals surface area contributed by atoms with Crippen LogP contribution in [0.4, 0.5) is 5.69 Å². The Morgan fingerprint density at radius 1 is 1.40 bits per heavy atom. The van der Waals surface area contributed by atoms with Crippen molar-refractivity contribution in [3.63, 3.8) is 0 Å². The van der Waals surface area contributed by atoms with Gasteiger partial charge >= 0.3 is 0 Å². The molecule has 3 rings (SSSR count). The molecule has 0 atom stereocenters. The molecule has 0 unspecified atom stereocenters. The van der Waals surface area contributed by atoms with Crippen LogP contribution in [0.1, 0.15) is 48.9 Å². The fraction of sp³-hybridized carbons (Fsp3) is 0.526. The second-order valence-corrected chi connectivity index (χ2v) is 6.89. The van der Waals surface area contributed by atoms with E-state index < -0.39 is 0 Å². The lowest BCUT2D eigenvalue weighted by molar-refractivity contribution is 0.0955. The smallest absolute Gasteiger partial charge is 0.268 e. The maximum Gasteiger partial charge on any atom is 0.268 e. The first-order valence-corrected chi connectivity index (χ1v) is 8.70. The van der Waals surface area contributed by atoms with Gasteiger partial charge in [0.2, 0.25) is 0 Å². The van der Waals surface area contributed by atoms with Gasteiger partial charge in [0.15, 0.2) is 0 Å². The van der Waals surface area contributed by atoms with Gasteiger partial charge in [0.25, 0.3) is 5.56 Å². The fourth-order valence-electron chi connectivity index (χ4n) is 3.95. The summed E-state index contributed by atoms with van der Waals surface area (Å²) in [6.07, 6.45) is 9.45. The third-order valence-electron chi connectivity index (χ3n) is 5.55. The zero-order valence-corrected chi connectivity index (χ0v) is 14.7. The highest BCUT2D eigenvalue weighted by molar-refractivity contribution is 5.88. The van der Waals surface area contributed by atoms with Crippen molar-refractivity contribution in [2.75, 3.05) is 31.8 Å². The van der Waals surface area contributed by atoms with Crippen LogP contribution >= 0.6 is 0 Å². The zero-order chi connectivity index (χ0) is 17.9. The van der Waals surface area contributed by atoms with E-state index in [1.807, 2.05) is 0 Å². The van der Waals surface area contributed by atoms with Gasteiger partial charge in [-0.15, -0.1) is 0 Å². The lowest BCUT2D eigenvalue weighted by Gasteiger charge is -2.48. The molecule has 1 N–H and O–H groups in total. The molecule has 2 fully saturated rings. The van der Waals surface area contributed by atoms with Crippen molar-refractivity contribution in [2.24, 2.45) is 10.4 Å². The summed E-state index contributed by atoms with van der Waals surface area (Å²) in [5, 5.41) is 9.53. The number of aromatic amines is 1. The van der Waals surface area contributed by atoms with Crippen molar-refractivity contribution in [3.05, 3.63) is 33.8 Å². The largest absolute Gasteiger partial charge is 0.370 e. The molecular formula is C19H24N4O2. The van der Waals surface area contributed by atoms with Crippen LogP contribution < -0.4 is 10.5 Å². The average molecular weight is 340 g/mol. The lowest BCUT2D eigenvalue weighted by atomic mass is 9.63. The minimum atomic E-state index is -0.383. The Hall–Kier alpha value is -2.39. The number of pyridine rings is 1. The molecule has 6 heteroatoms. The van der Waals surface area contributed by atoms with E-state index in [4.69, 9.17) is 4.74 Å². The summed E-state index contributed by atoms with van der Waals surface area (Å²) in [6, 6.07) is 2.08. The number of hydrogen-bond acceptors (Lipinski definition) is 5. The predicted molar refractivity (Wildman–Crippen MR) is 99.1 cm³/mol. The monoisotopic (exact) mass is 340 g/mol. The van der Waals surface area contributed by atoms with Crippen LogP contribution in [0.25, 0.3) is 6.08 Å². The van der Waals surface area contributed by atoms with Gasteiger partial charge in [0, 0.05) is 32.0 Å². The molecule has 0 aromatic carbocycles. The number of hydrogen-bond donors (Lipinski definition) is 1. The Morgan fingerprint density at radius 3 is 2.64 bits per heavy atom. The van der Waals surface area contributed by atoms with Crippen LogP contribution in [0, 0.1) is 16.7 Å². The van der Waals surface area contributed by atoms with E-state index in [0.717, 1.165) is 31.5 Å². The first-order valence-electron chi connectivity index (χ1n) is 8.70. The summed E-state index contributed by atoms with van der Waals surface area (Å²) in [6.45, 7) is 5.83. The molecule has 2 heterocycles. The quantitative estimate of drug-likeness (QED) is 0.836. The van der Waals surface area contributed by atoms with E-state index in [1.165, 1.54) is 19.3 Å². The number of methoxy groups -OCH3 is 1. The molecule has 132 valence electrons. The van der Waals surface area contributed by atoms with E-state index in [-0.39, 0.29) is 17.9 Å². The molecule has 1 aliphatic carbocycles. The van der Waals surface area contributed by atoms with Crippen LogP contribution in [-0.2, 0) is 4.74 Å². The van der Waals surface area contributed by atoms with Crippen LogP contribution in [0.5, 0.6) is 0 Å². The number of H-pyrrole nitrogens is 1. The summed E-state index contributed by atoms with van der Waals surface area (Å²) in [5.74, 6) is 0. The van der Waals surface area contributed by atoms with Crippen molar-refractivity contribution < 1.29 is 4.74 Å². The molecular weight excluding hydrogens is 316 g/mol. The number of piperidine rings is 1. The van der Waals surface area contributed by atoms with Crippen molar-refractivity contribution in [2.45, 2.75) is 32.1 Å². The van der Waals surface area contributed by atoms with Crippen molar-refractivity contribution in [1.29, 1.82) is 5.26 Å². The number of anilines is 1. The number of nitrogens with zero attached hydrogens (tertiary/aromatic N) is 3. The minimum absolute atomic E-state index is 0.156. The summed E-state index contributed by atoms with van der Waals surface area (Å²) in [4.78, 5) is 21.4. The minimum Gasteiger partial charge on any atom is -0.370 e. The summed E-state index contributed by atoms with van der Waals surface area (Å²) >= 11 is 0. The van der Waals surface area contributed by atoms with Gasteiger partial charge in [0.05, 0.1) is 11.4 Å². The Balaban J connectivity index is 2.00. The lowest BCUT2D eigenvalue weighted by Crippen LogP contribution is -2.44. The Morgan fingerprint density at radius 2 is 2.12 bits per heavy atom. The molecule has 1 aromatic rings. The second-order valence-electron chi connectivity index (χ2n) is 6.89. The van der Waals surface area contributed by atoms with Gasteiger partial charge < -0.3 is 14.6 Å². The molecule has 0 bridgehead atoms. The van der Waals surface area contributed by atoms with Crippen molar-refractivity contribution >= 4 is 18.0 Å². The number of rotatable bonds is 5. The van der Waals surface area contributed by atoms with Gasteiger partial charge in [-0.1, -0.05) is 19.1 Å². The summed E-state index contributed by atoms with van der Waals surface area (Å²) < 4.78 is 4.92. The molecule has 2 aliphatic rings. The Bertz CT molecular complexity index is 774. The number of nitrogens with one attached hydrogen (secondary N) is 1. The summed E-state index contributed by atoms with van der Waals surface area (Å²) in [7, 11) is 1.56. The number of aromatic nitrogens is 1. The molecule has 25 heavy (non-hydrogen) atoms. The first-order chi connectivity index (χ1) is 12.1. The third kappa shape index (κ3) is 3.24. The van der Waals surface area contributed by atoms with E-state index >= 15 is 0 Å². The van der Waals surface area contributed by atoms with Crippen LogP contribution in [0.2, 0.25) is 0 Å².